The van der Waals surface area contributed by atoms with Gasteiger partial charge in [-0.1, -0.05) is 0 Å². The van der Waals surface area contributed by atoms with Crippen LogP contribution in [0.15, 0.2) is 47.2 Å². The van der Waals surface area contributed by atoms with Crippen LogP contribution in [0.2, 0.25) is 0 Å². The molecular weight excluding hydrogens is 288 g/mol. The Labute approximate surface area is 124 Å². The third kappa shape index (κ3) is 2.80. The SMILES string of the molecule is O=C(Cn1ncc2ccc([N+](=O)[O-])cc21)NCc1ccco1. The highest BCUT2D eigenvalue weighted by molar-refractivity contribution is 5.83. The van der Waals surface area contributed by atoms with E-state index in [1.54, 1.807) is 24.4 Å². The summed E-state index contributed by atoms with van der Waals surface area (Å²) in [5.41, 5.74) is 0.507. The minimum atomic E-state index is -0.478. The van der Waals surface area contributed by atoms with E-state index in [1.807, 2.05) is 0 Å². The first-order valence-corrected chi connectivity index (χ1v) is 6.52. The number of carbonyl (C=O) groups excluding carboxylic acids is 1. The second kappa shape index (κ2) is 5.68. The first-order chi connectivity index (χ1) is 10.6. The molecule has 0 bridgehead atoms. The zero-order chi connectivity index (χ0) is 15.5. The normalized spacial score (nSPS) is 10.7. The lowest BCUT2D eigenvalue weighted by Crippen LogP contribution is -2.27. The van der Waals surface area contributed by atoms with Crippen LogP contribution in [0.3, 0.4) is 0 Å². The number of nitro benzene ring substituents is 1. The summed E-state index contributed by atoms with van der Waals surface area (Å²) in [4.78, 5) is 22.3. The fourth-order valence-electron chi connectivity index (χ4n) is 2.09. The minimum Gasteiger partial charge on any atom is -0.467 e. The van der Waals surface area contributed by atoms with Gasteiger partial charge in [0.05, 0.1) is 29.4 Å². The average molecular weight is 300 g/mol. The number of nitrogens with one attached hydrogen (secondary N) is 1. The average Bonchev–Trinajstić information content (AvgIpc) is 3.14. The van der Waals surface area contributed by atoms with E-state index in [1.165, 1.54) is 23.1 Å². The molecule has 0 fully saturated rings. The number of nitrogens with zero attached hydrogens (tertiary/aromatic N) is 3. The highest BCUT2D eigenvalue weighted by atomic mass is 16.6. The third-order valence-corrected chi connectivity index (χ3v) is 3.17. The summed E-state index contributed by atoms with van der Waals surface area (Å²) in [6, 6.07) is 7.92. The highest BCUT2D eigenvalue weighted by Gasteiger charge is 2.12. The van der Waals surface area contributed by atoms with Crippen LogP contribution in [0.25, 0.3) is 10.9 Å². The number of rotatable bonds is 5. The van der Waals surface area contributed by atoms with Gasteiger partial charge in [-0.25, -0.2) is 0 Å². The molecule has 0 unspecified atom stereocenters. The van der Waals surface area contributed by atoms with Gasteiger partial charge in [-0.3, -0.25) is 19.6 Å². The Morgan fingerprint density at radius 3 is 3.00 bits per heavy atom. The van der Waals surface area contributed by atoms with Crippen LogP contribution in [0, 0.1) is 10.1 Å². The molecule has 1 aromatic carbocycles. The van der Waals surface area contributed by atoms with E-state index in [4.69, 9.17) is 4.42 Å². The summed E-state index contributed by atoms with van der Waals surface area (Å²) >= 11 is 0. The lowest BCUT2D eigenvalue weighted by molar-refractivity contribution is -0.384. The number of benzene rings is 1. The van der Waals surface area contributed by atoms with E-state index in [9.17, 15) is 14.9 Å². The van der Waals surface area contributed by atoms with E-state index < -0.39 is 4.92 Å². The lowest BCUT2D eigenvalue weighted by Gasteiger charge is -2.05. The van der Waals surface area contributed by atoms with Gasteiger partial charge in [-0.15, -0.1) is 0 Å². The van der Waals surface area contributed by atoms with Gasteiger partial charge in [0.15, 0.2) is 0 Å². The topological polar surface area (TPSA) is 103 Å². The summed E-state index contributed by atoms with van der Waals surface area (Å²) < 4.78 is 6.55. The van der Waals surface area contributed by atoms with Crippen LogP contribution in [0.1, 0.15) is 5.76 Å². The Hall–Kier alpha value is -3.16. The molecule has 3 aromatic rings. The number of furan rings is 1. The number of hydrogen-bond donors (Lipinski definition) is 1. The molecule has 0 aliphatic carbocycles. The standard InChI is InChI=1S/C14H12N4O4/c19-14(15-8-12-2-1-5-22-12)9-17-13-6-11(18(20)21)4-3-10(13)7-16-17/h1-7H,8-9H2,(H,15,19). The predicted octanol–water partition coefficient (Wildman–Crippen LogP) is 1.85. The molecule has 8 nitrogen and oxygen atoms in total. The largest absolute Gasteiger partial charge is 0.467 e. The molecular formula is C14H12N4O4. The number of non-ortho nitro benzene ring substituents is 1. The van der Waals surface area contributed by atoms with Crippen molar-refractivity contribution in [2.24, 2.45) is 0 Å². The Bertz CT molecular complexity index is 823. The zero-order valence-electron chi connectivity index (χ0n) is 11.4. The van der Waals surface area contributed by atoms with Gasteiger partial charge >= 0.3 is 0 Å². The van der Waals surface area contributed by atoms with Crippen molar-refractivity contribution >= 4 is 22.5 Å². The first-order valence-electron chi connectivity index (χ1n) is 6.52. The molecule has 0 atom stereocenters. The van der Waals surface area contributed by atoms with Gasteiger partial charge in [-0.05, 0) is 18.2 Å². The quantitative estimate of drug-likeness (QED) is 0.572. The van der Waals surface area contributed by atoms with E-state index in [2.05, 4.69) is 10.4 Å². The monoisotopic (exact) mass is 300 g/mol. The van der Waals surface area contributed by atoms with Crippen LogP contribution in [0.5, 0.6) is 0 Å². The summed E-state index contributed by atoms with van der Waals surface area (Å²) in [7, 11) is 0. The maximum Gasteiger partial charge on any atom is 0.271 e. The van der Waals surface area contributed by atoms with Crippen molar-refractivity contribution < 1.29 is 14.1 Å². The lowest BCUT2D eigenvalue weighted by atomic mass is 10.2. The molecule has 0 radical (unpaired) electrons. The van der Waals surface area contributed by atoms with Crippen molar-refractivity contribution in [3.63, 3.8) is 0 Å². The minimum absolute atomic E-state index is 0.0224. The van der Waals surface area contributed by atoms with Gasteiger partial charge in [-0.2, -0.15) is 5.10 Å². The summed E-state index contributed by atoms with van der Waals surface area (Å²) in [5, 5.41) is 18.3. The van der Waals surface area contributed by atoms with Crippen LogP contribution in [-0.2, 0) is 17.9 Å². The molecule has 2 heterocycles. The maximum atomic E-state index is 11.9. The number of aromatic nitrogens is 2. The molecule has 22 heavy (non-hydrogen) atoms. The Morgan fingerprint density at radius 2 is 2.27 bits per heavy atom. The number of hydrogen-bond acceptors (Lipinski definition) is 5. The van der Waals surface area contributed by atoms with Gasteiger partial charge in [0.2, 0.25) is 5.91 Å². The van der Waals surface area contributed by atoms with Gasteiger partial charge < -0.3 is 9.73 Å². The fraction of sp³-hybridized carbons (Fsp3) is 0.143. The highest BCUT2D eigenvalue weighted by Crippen LogP contribution is 2.20. The predicted molar refractivity (Wildman–Crippen MR) is 76.9 cm³/mol. The van der Waals surface area contributed by atoms with Crippen LogP contribution in [-0.4, -0.2) is 20.6 Å². The Balaban J connectivity index is 1.74. The zero-order valence-corrected chi connectivity index (χ0v) is 11.4. The van der Waals surface area contributed by atoms with Crippen LogP contribution < -0.4 is 5.32 Å². The van der Waals surface area contributed by atoms with Crippen molar-refractivity contribution in [1.29, 1.82) is 0 Å². The fourth-order valence-corrected chi connectivity index (χ4v) is 2.09. The Morgan fingerprint density at radius 1 is 1.41 bits per heavy atom. The van der Waals surface area contributed by atoms with Crippen molar-refractivity contribution in [1.82, 2.24) is 15.1 Å². The van der Waals surface area contributed by atoms with Crippen LogP contribution in [0.4, 0.5) is 5.69 Å². The molecule has 2 aromatic heterocycles. The summed E-state index contributed by atoms with van der Waals surface area (Å²) in [6.07, 6.45) is 3.10. The van der Waals surface area contributed by atoms with E-state index in [-0.39, 0.29) is 24.7 Å². The molecule has 0 saturated carbocycles. The van der Waals surface area contributed by atoms with E-state index >= 15 is 0 Å². The molecule has 0 spiro atoms. The van der Waals surface area contributed by atoms with Gasteiger partial charge in [0, 0.05) is 17.5 Å². The van der Waals surface area contributed by atoms with Crippen molar-refractivity contribution in [2.45, 2.75) is 13.1 Å². The van der Waals surface area contributed by atoms with Gasteiger partial charge in [0.25, 0.3) is 5.69 Å². The van der Waals surface area contributed by atoms with Gasteiger partial charge in [0.1, 0.15) is 12.3 Å². The third-order valence-electron chi connectivity index (χ3n) is 3.17. The molecule has 3 rings (SSSR count). The number of carbonyl (C=O) groups is 1. The second-order valence-corrected chi connectivity index (χ2v) is 4.66. The number of nitro groups is 1. The Kier molecular flexibility index (Phi) is 3.57. The second-order valence-electron chi connectivity index (χ2n) is 4.66. The van der Waals surface area contributed by atoms with E-state index in [0.29, 0.717) is 11.3 Å². The molecule has 0 aliphatic rings. The van der Waals surface area contributed by atoms with Crippen molar-refractivity contribution in [3.05, 3.63) is 58.7 Å². The molecule has 0 saturated heterocycles. The smallest absolute Gasteiger partial charge is 0.271 e. The number of amides is 1. The summed E-state index contributed by atoms with van der Waals surface area (Å²) in [6.45, 7) is 0.260. The molecule has 8 heteroatoms. The number of fused-ring (bicyclic) bond motifs is 1. The van der Waals surface area contributed by atoms with Crippen LogP contribution >= 0.6 is 0 Å². The van der Waals surface area contributed by atoms with E-state index in [0.717, 1.165) is 5.39 Å². The molecule has 1 amide bonds. The molecule has 112 valence electrons. The first kappa shape index (κ1) is 13.8. The van der Waals surface area contributed by atoms with Crippen molar-refractivity contribution in [3.8, 4) is 0 Å². The molecule has 1 N–H and O–H groups in total. The van der Waals surface area contributed by atoms with Crippen molar-refractivity contribution in [2.75, 3.05) is 0 Å². The summed E-state index contributed by atoms with van der Waals surface area (Å²) in [5.74, 6) is 0.391. The molecule has 0 aliphatic heterocycles. The maximum absolute atomic E-state index is 11.9.